The van der Waals surface area contributed by atoms with Gasteiger partial charge in [-0.3, -0.25) is 4.79 Å². The largest absolute Gasteiger partial charge is 0.458 e. The van der Waals surface area contributed by atoms with Crippen LogP contribution in [0.5, 0.6) is 0 Å². The van der Waals surface area contributed by atoms with Gasteiger partial charge in [0.1, 0.15) is 29.2 Å². The Morgan fingerprint density at radius 2 is 1.77 bits per heavy atom. The maximum atomic E-state index is 14.6. The molecule has 31 heavy (non-hydrogen) atoms. The van der Waals surface area contributed by atoms with E-state index in [-0.39, 0.29) is 21.6 Å². The Morgan fingerprint density at radius 1 is 1.13 bits per heavy atom. The molecule has 0 spiro atoms. The lowest BCUT2D eigenvalue weighted by Crippen LogP contribution is -2.29. The minimum Gasteiger partial charge on any atom is -0.458 e. The smallest absolute Gasteiger partial charge is 0.449 e. The SMILES string of the molecule is CN1CCC(c2cc(=O)c3cc(F)c4c(nc(C(F)(F)F)n4CC(F)(F)F)c3o2)CC1. The first-order valence-electron chi connectivity index (χ1n) is 9.34. The Balaban J connectivity index is 2.00. The zero-order valence-electron chi connectivity index (χ0n) is 16.1. The van der Waals surface area contributed by atoms with Crippen LogP contribution in [-0.4, -0.2) is 40.8 Å². The first-order valence-corrected chi connectivity index (χ1v) is 9.34. The molecule has 1 aliphatic rings. The van der Waals surface area contributed by atoms with E-state index in [1.54, 1.807) is 0 Å². The van der Waals surface area contributed by atoms with Crippen molar-refractivity contribution in [2.75, 3.05) is 20.1 Å². The molecule has 0 bridgehead atoms. The number of piperidine rings is 1. The molecule has 1 aromatic carbocycles. The Kier molecular flexibility index (Phi) is 5.02. The summed E-state index contributed by atoms with van der Waals surface area (Å²) in [5, 5.41) is -0.382. The van der Waals surface area contributed by atoms with E-state index in [2.05, 4.69) is 9.88 Å². The van der Waals surface area contributed by atoms with Gasteiger partial charge in [0.2, 0.25) is 5.82 Å². The highest BCUT2D eigenvalue weighted by Gasteiger charge is 2.42. The summed E-state index contributed by atoms with van der Waals surface area (Å²) in [6.45, 7) is -0.701. The van der Waals surface area contributed by atoms with Gasteiger partial charge in [0.15, 0.2) is 11.0 Å². The maximum Gasteiger partial charge on any atom is 0.449 e. The van der Waals surface area contributed by atoms with Crippen LogP contribution in [0.25, 0.3) is 22.0 Å². The van der Waals surface area contributed by atoms with Crippen molar-refractivity contribution in [3.8, 4) is 0 Å². The summed E-state index contributed by atoms with van der Waals surface area (Å²) in [6, 6.07) is 1.75. The van der Waals surface area contributed by atoms with Gasteiger partial charge in [-0.25, -0.2) is 9.37 Å². The van der Waals surface area contributed by atoms with Crippen LogP contribution >= 0.6 is 0 Å². The molecule has 0 unspecified atom stereocenters. The first-order chi connectivity index (χ1) is 14.3. The van der Waals surface area contributed by atoms with Gasteiger partial charge in [0, 0.05) is 12.0 Å². The van der Waals surface area contributed by atoms with Gasteiger partial charge < -0.3 is 13.9 Å². The third-order valence-corrected chi connectivity index (χ3v) is 5.40. The average Bonchev–Trinajstić information content (AvgIpc) is 3.02. The van der Waals surface area contributed by atoms with Crippen molar-refractivity contribution < 1.29 is 35.2 Å². The highest BCUT2D eigenvalue weighted by atomic mass is 19.4. The predicted molar refractivity (Wildman–Crippen MR) is 96.3 cm³/mol. The third kappa shape index (κ3) is 4.00. The number of aromatic nitrogens is 2. The molecule has 0 N–H and O–H groups in total. The Morgan fingerprint density at radius 3 is 2.35 bits per heavy atom. The normalized spacial score (nSPS) is 17.2. The molecular formula is C19H16F7N3O2. The number of alkyl halides is 6. The molecule has 0 radical (unpaired) electrons. The highest BCUT2D eigenvalue weighted by Crippen LogP contribution is 2.38. The number of benzene rings is 1. The van der Waals surface area contributed by atoms with Gasteiger partial charge in [-0.15, -0.1) is 0 Å². The zero-order valence-corrected chi connectivity index (χ0v) is 16.1. The molecule has 2 aromatic heterocycles. The van der Waals surface area contributed by atoms with Gasteiger partial charge in [-0.1, -0.05) is 0 Å². The molecule has 0 amide bonds. The number of hydrogen-bond donors (Lipinski definition) is 0. The molecule has 3 aromatic rings. The van der Waals surface area contributed by atoms with Crippen LogP contribution in [0.1, 0.15) is 30.3 Å². The second-order valence-electron chi connectivity index (χ2n) is 7.66. The number of imidazole rings is 1. The number of hydrogen-bond acceptors (Lipinski definition) is 4. The Bertz CT molecular complexity index is 1200. The van der Waals surface area contributed by atoms with Crippen LogP contribution in [0.3, 0.4) is 0 Å². The van der Waals surface area contributed by atoms with Crippen LogP contribution in [0.15, 0.2) is 21.3 Å². The number of halogens is 7. The molecule has 1 fully saturated rings. The minimum absolute atomic E-state index is 0.192. The van der Waals surface area contributed by atoms with Gasteiger partial charge >= 0.3 is 12.4 Å². The van der Waals surface area contributed by atoms with E-state index in [9.17, 15) is 35.5 Å². The van der Waals surface area contributed by atoms with Crippen molar-refractivity contribution in [1.82, 2.24) is 14.5 Å². The summed E-state index contributed by atoms with van der Waals surface area (Å²) in [5.41, 5.74) is -2.93. The molecule has 1 saturated heterocycles. The fourth-order valence-electron chi connectivity index (χ4n) is 3.93. The summed E-state index contributed by atoms with van der Waals surface area (Å²) < 4.78 is 99.1. The molecule has 1 aliphatic heterocycles. The van der Waals surface area contributed by atoms with Crippen molar-refractivity contribution in [3.63, 3.8) is 0 Å². The van der Waals surface area contributed by atoms with E-state index in [1.165, 1.54) is 0 Å². The van der Waals surface area contributed by atoms with Crippen molar-refractivity contribution in [2.45, 2.75) is 37.7 Å². The van der Waals surface area contributed by atoms with Crippen molar-refractivity contribution >= 4 is 22.0 Å². The highest BCUT2D eigenvalue weighted by molar-refractivity contribution is 6.01. The number of likely N-dealkylation sites (tertiary alicyclic amines) is 1. The fraction of sp³-hybridized carbons (Fsp3) is 0.474. The lowest BCUT2D eigenvalue weighted by Gasteiger charge is -2.28. The Hall–Kier alpha value is -2.63. The van der Waals surface area contributed by atoms with Crippen LogP contribution < -0.4 is 5.43 Å². The summed E-state index contributed by atoms with van der Waals surface area (Å²) in [6.07, 6.45) is -9.11. The predicted octanol–water partition coefficient (Wildman–Crippen LogP) is 4.67. The lowest BCUT2D eigenvalue weighted by atomic mass is 9.94. The van der Waals surface area contributed by atoms with Crippen molar-refractivity contribution in [3.05, 3.63) is 39.8 Å². The second kappa shape index (κ2) is 7.21. The van der Waals surface area contributed by atoms with Gasteiger partial charge in [-0.2, -0.15) is 26.3 Å². The van der Waals surface area contributed by atoms with Gasteiger partial charge in [0.05, 0.1) is 5.39 Å². The number of nitrogens with zero attached hydrogens (tertiary/aromatic N) is 3. The van der Waals surface area contributed by atoms with E-state index in [0.29, 0.717) is 32.0 Å². The molecule has 0 saturated carbocycles. The molecule has 5 nitrogen and oxygen atoms in total. The Labute approximate surface area is 170 Å². The minimum atomic E-state index is -5.28. The molecule has 0 atom stereocenters. The molecule has 0 aliphatic carbocycles. The summed E-state index contributed by atoms with van der Waals surface area (Å²) in [5.74, 6) is -3.35. The maximum absolute atomic E-state index is 14.6. The molecular weight excluding hydrogens is 435 g/mol. The zero-order chi connectivity index (χ0) is 22.7. The molecule has 4 rings (SSSR count). The number of fused-ring (bicyclic) bond motifs is 3. The van der Waals surface area contributed by atoms with E-state index >= 15 is 0 Å². The summed E-state index contributed by atoms with van der Waals surface area (Å²) in [4.78, 5) is 17.9. The number of rotatable bonds is 2. The van der Waals surface area contributed by atoms with E-state index < -0.39 is 52.6 Å². The molecule has 3 heterocycles. The monoisotopic (exact) mass is 451 g/mol. The average molecular weight is 451 g/mol. The topological polar surface area (TPSA) is 51.3 Å². The van der Waals surface area contributed by atoms with Crippen LogP contribution in [0.2, 0.25) is 0 Å². The van der Waals surface area contributed by atoms with Gasteiger partial charge in [-0.05, 0) is 39.0 Å². The molecule has 12 heteroatoms. The summed E-state index contributed by atoms with van der Waals surface area (Å²) in [7, 11) is 1.91. The standard InChI is InChI=1S/C19H16F7N3O2/c1-28-4-2-9(3-5-28)13-7-12(30)10-6-11(20)15-14(16(10)31-13)27-17(19(24,25)26)29(15)8-18(21,22)23/h6-7,9H,2-5,8H2,1H3. The quantitative estimate of drug-likeness (QED) is 0.532. The third-order valence-electron chi connectivity index (χ3n) is 5.40. The van der Waals surface area contributed by atoms with E-state index in [1.807, 2.05) is 7.05 Å². The van der Waals surface area contributed by atoms with Crippen molar-refractivity contribution in [2.24, 2.45) is 0 Å². The fourth-order valence-corrected chi connectivity index (χ4v) is 3.93. The van der Waals surface area contributed by atoms with Crippen molar-refractivity contribution in [1.29, 1.82) is 0 Å². The van der Waals surface area contributed by atoms with E-state index in [0.717, 1.165) is 6.07 Å². The summed E-state index contributed by atoms with van der Waals surface area (Å²) >= 11 is 0. The van der Waals surface area contributed by atoms with Crippen LogP contribution in [0.4, 0.5) is 30.7 Å². The first kappa shape index (κ1) is 21.6. The van der Waals surface area contributed by atoms with E-state index in [4.69, 9.17) is 4.42 Å². The van der Waals surface area contributed by atoms with Crippen LogP contribution in [0, 0.1) is 5.82 Å². The second-order valence-corrected chi connectivity index (χ2v) is 7.66. The lowest BCUT2D eigenvalue weighted by molar-refractivity contribution is -0.160. The molecule has 168 valence electrons. The van der Waals surface area contributed by atoms with Gasteiger partial charge in [0.25, 0.3) is 0 Å². The van der Waals surface area contributed by atoms with Crippen LogP contribution in [-0.2, 0) is 12.7 Å².